The molecule has 154 valence electrons. The second-order valence-electron chi connectivity index (χ2n) is 8.43. The molecule has 0 bridgehead atoms. The van der Waals surface area contributed by atoms with E-state index in [9.17, 15) is 9.59 Å². The van der Waals surface area contributed by atoms with E-state index >= 15 is 0 Å². The fraction of sp³-hybridized carbons (Fsp3) is 0.440. The van der Waals surface area contributed by atoms with E-state index in [1.54, 1.807) is 0 Å². The van der Waals surface area contributed by atoms with Crippen LogP contribution in [0.5, 0.6) is 0 Å². The number of carbonyl (C=O) groups excluding carboxylic acids is 2. The molecule has 0 saturated carbocycles. The summed E-state index contributed by atoms with van der Waals surface area (Å²) in [5.74, 6) is 0.623. The van der Waals surface area contributed by atoms with Gasteiger partial charge in [0.2, 0.25) is 11.8 Å². The van der Waals surface area contributed by atoms with Gasteiger partial charge in [-0.05, 0) is 54.7 Å². The summed E-state index contributed by atoms with van der Waals surface area (Å²) in [5.41, 5.74) is 4.34. The van der Waals surface area contributed by atoms with Crippen molar-refractivity contribution in [3.63, 3.8) is 0 Å². The van der Waals surface area contributed by atoms with Crippen molar-refractivity contribution in [1.29, 1.82) is 0 Å². The highest BCUT2D eigenvalue weighted by atomic mass is 16.2. The zero-order valence-electron chi connectivity index (χ0n) is 17.8. The number of para-hydroxylation sites is 1. The van der Waals surface area contributed by atoms with Gasteiger partial charge in [0.05, 0.1) is 0 Å². The largest absolute Gasteiger partial charge is 0.342 e. The average Bonchev–Trinajstić information content (AvgIpc) is 2.70. The summed E-state index contributed by atoms with van der Waals surface area (Å²) in [6, 6.07) is 16.5. The van der Waals surface area contributed by atoms with Gasteiger partial charge in [-0.3, -0.25) is 9.59 Å². The molecule has 2 amide bonds. The Morgan fingerprint density at radius 2 is 1.72 bits per heavy atom. The SMILES string of the molecule is Cc1cccc(C(C)C)c1NC(=O)CC(=O)N1CCC(Cc2ccccc2)CC1. The second kappa shape index (κ2) is 9.73. The number of anilines is 1. The molecule has 29 heavy (non-hydrogen) atoms. The van der Waals surface area contributed by atoms with Crippen molar-refractivity contribution >= 4 is 17.5 Å². The van der Waals surface area contributed by atoms with Crippen molar-refractivity contribution in [2.24, 2.45) is 5.92 Å². The monoisotopic (exact) mass is 392 g/mol. The van der Waals surface area contributed by atoms with Crippen molar-refractivity contribution in [2.45, 2.75) is 52.4 Å². The maximum absolute atomic E-state index is 12.6. The molecule has 4 heteroatoms. The molecule has 3 rings (SSSR count). The topological polar surface area (TPSA) is 49.4 Å². The van der Waals surface area contributed by atoms with Crippen molar-refractivity contribution in [1.82, 2.24) is 4.90 Å². The van der Waals surface area contributed by atoms with Crippen LogP contribution < -0.4 is 5.32 Å². The summed E-state index contributed by atoms with van der Waals surface area (Å²) in [6.45, 7) is 7.68. The van der Waals surface area contributed by atoms with Crippen LogP contribution >= 0.6 is 0 Å². The fourth-order valence-corrected chi connectivity index (χ4v) is 4.11. The van der Waals surface area contributed by atoms with Gasteiger partial charge in [-0.25, -0.2) is 0 Å². The number of nitrogens with one attached hydrogen (secondary N) is 1. The summed E-state index contributed by atoms with van der Waals surface area (Å²) < 4.78 is 0. The predicted molar refractivity (Wildman–Crippen MR) is 118 cm³/mol. The number of hydrogen-bond acceptors (Lipinski definition) is 2. The summed E-state index contributed by atoms with van der Waals surface area (Å²) in [4.78, 5) is 27.0. The van der Waals surface area contributed by atoms with E-state index in [2.05, 4.69) is 43.4 Å². The van der Waals surface area contributed by atoms with Crippen LogP contribution in [0.3, 0.4) is 0 Å². The lowest BCUT2D eigenvalue weighted by Gasteiger charge is -2.32. The summed E-state index contributed by atoms with van der Waals surface area (Å²) >= 11 is 0. The second-order valence-corrected chi connectivity index (χ2v) is 8.43. The lowest BCUT2D eigenvalue weighted by molar-refractivity contribution is -0.135. The minimum Gasteiger partial charge on any atom is -0.342 e. The molecule has 1 aliphatic heterocycles. The molecule has 0 spiro atoms. The standard InChI is InChI=1S/C25H32N2O2/c1-18(2)22-11-7-8-19(3)25(22)26-23(28)17-24(29)27-14-12-21(13-15-27)16-20-9-5-4-6-10-20/h4-11,18,21H,12-17H2,1-3H3,(H,26,28). The van der Waals surface area contributed by atoms with Crippen LogP contribution in [-0.4, -0.2) is 29.8 Å². The van der Waals surface area contributed by atoms with E-state index in [1.165, 1.54) is 5.56 Å². The Balaban J connectivity index is 1.51. The van der Waals surface area contributed by atoms with Crippen molar-refractivity contribution in [3.8, 4) is 0 Å². The first-order valence-corrected chi connectivity index (χ1v) is 10.6. The number of nitrogens with zero attached hydrogens (tertiary/aromatic N) is 1. The highest BCUT2D eigenvalue weighted by molar-refractivity contribution is 6.04. The number of rotatable bonds is 6. The van der Waals surface area contributed by atoms with E-state index in [0.29, 0.717) is 11.8 Å². The van der Waals surface area contributed by atoms with Crippen LogP contribution in [0.25, 0.3) is 0 Å². The molecule has 1 saturated heterocycles. The van der Waals surface area contributed by atoms with Crippen LogP contribution in [0.15, 0.2) is 48.5 Å². The Morgan fingerprint density at radius 1 is 1.03 bits per heavy atom. The molecule has 0 radical (unpaired) electrons. The summed E-state index contributed by atoms with van der Waals surface area (Å²) in [5, 5.41) is 2.99. The molecule has 2 aromatic carbocycles. The van der Waals surface area contributed by atoms with Gasteiger partial charge in [0.15, 0.2) is 0 Å². The van der Waals surface area contributed by atoms with Crippen LogP contribution in [0, 0.1) is 12.8 Å². The van der Waals surface area contributed by atoms with Crippen LogP contribution in [-0.2, 0) is 16.0 Å². The van der Waals surface area contributed by atoms with Crippen LogP contribution in [0.4, 0.5) is 5.69 Å². The molecule has 1 N–H and O–H groups in total. The van der Waals surface area contributed by atoms with Gasteiger partial charge >= 0.3 is 0 Å². The normalized spacial score (nSPS) is 14.8. The first kappa shape index (κ1) is 21.1. The molecular weight excluding hydrogens is 360 g/mol. The molecule has 1 heterocycles. The molecule has 0 unspecified atom stereocenters. The number of piperidine rings is 1. The Labute approximate surface area is 174 Å². The number of hydrogen-bond donors (Lipinski definition) is 1. The molecule has 2 aromatic rings. The lowest BCUT2D eigenvalue weighted by Crippen LogP contribution is -2.40. The van der Waals surface area contributed by atoms with E-state index in [-0.39, 0.29) is 18.2 Å². The quantitative estimate of drug-likeness (QED) is 0.709. The third kappa shape index (κ3) is 5.69. The number of benzene rings is 2. The zero-order valence-corrected chi connectivity index (χ0v) is 17.8. The molecule has 1 aliphatic rings. The smallest absolute Gasteiger partial charge is 0.233 e. The van der Waals surface area contributed by atoms with Gasteiger partial charge in [-0.2, -0.15) is 0 Å². The molecule has 1 fully saturated rings. The van der Waals surface area contributed by atoms with Gasteiger partial charge in [0.1, 0.15) is 6.42 Å². The third-order valence-electron chi connectivity index (χ3n) is 5.84. The molecule has 0 aliphatic carbocycles. The van der Waals surface area contributed by atoms with Gasteiger partial charge in [-0.1, -0.05) is 62.4 Å². The van der Waals surface area contributed by atoms with E-state index in [1.807, 2.05) is 36.1 Å². The molecular formula is C25H32N2O2. The number of carbonyl (C=O) groups is 2. The zero-order chi connectivity index (χ0) is 20.8. The Morgan fingerprint density at radius 3 is 2.38 bits per heavy atom. The van der Waals surface area contributed by atoms with Gasteiger partial charge in [0.25, 0.3) is 0 Å². The molecule has 0 aromatic heterocycles. The number of amides is 2. The van der Waals surface area contributed by atoms with Crippen LogP contribution in [0.2, 0.25) is 0 Å². The van der Waals surface area contributed by atoms with Crippen molar-refractivity contribution < 1.29 is 9.59 Å². The predicted octanol–water partition coefficient (Wildman–Crippen LogP) is 4.93. The minimum atomic E-state index is -0.224. The van der Waals surface area contributed by atoms with Gasteiger partial charge in [0, 0.05) is 18.8 Å². The van der Waals surface area contributed by atoms with Gasteiger partial charge < -0.3 is 10.2 Å². The highest BCUT2D eigenvalue weighted by Gasteiger charge is 2.24. The highest BCUT2D eigenvalue weighted by Crippen LogP contribution is 2.28. The lowest BCUT2D eigenvalue weighted by atomic mass is 9.90. The molecule has 0 atom stereocenters. The van der Waals surface area contributed by atoms with E-state index in [0.717, 1.165) is 49.2 Å². The van der Waals surface area contributed by atoms with E-state index < -0.39 is 0 Å². The number of likely N-dealkylation sites (tertiary alicyclic amines) is 1. The minimum absolute atomic E-state index is 0.0691. The average molecular weight is 393 g/mol. The number of aryl methyl sites for hydroxylation is 1. The fourth-order valence-electron chi connectivity index (χ4n) is 4.11. The first-order chi connectivity index (χ1) is 13.9. The maximum atomic E-state index is 12.6. The Hall–Kier alpha value is -2.62. The van der Waals surface area contributed by atoms with Crippen molar-refractivity contribution in [2.75, 3.05) is 18.4 Å². The van der Waals surface area contributed by atoms with E-state index in [4.69, 9.17) is 0 Å². The van der Waals surface area contributed by atoms with Crippen LogP contribution in [0.1, 0.15) is 55.7 Å². The summed E-state index contributed by atoms with van der Waals surface area (Å²) in [7, 11) is 0. The van der Waals surface area contributed by atoms with Crippen molar-refractivity contribution in [3.05, 3.63) is 65.2 Å². The third-order valence-corrected chi connectivity index (χ3v) is 5.84. The Bertz CT molecular complexity index is 837. The molecule has 4 nitrogen and oxygen atoms in total. The Kier molecular flexibility index (Phi) is 7.08. The van der Waals surface area contributed by atoms with Gasteiger partial charge in [-0.15, -0.1) is 0 Å². The summed E-state index contributed by atoms with van der Waals surface area (Å²) in [6.07, 6.45) is 2.97. The maximum Gasteiger partial charge on any atom is 0.233 e. The first-order valence-electron chi connectivity index (χ1n) is 10.6.